The maximum Gasteiger partial charge on any atom is 0.168 e. The van der Waals surface area contributed by atoms with E-state index in [1.54, 1.807) is 22.9 Å². The van der Waals surface area contributed by atoms with Crippen LogP contribution in [0.5, 0.6) is 5.75 Å². The van der Waals surface area contributed by atoms with Gasteiger partial charge in [-0.15, -0.1) is 0 Å². The fourth-order valence-corrected chi connectivity index (χ4v) is 2.42. The fourth-order valence-electron chi connectivity index (χ4n) is 2.42. The number of likely N-dealkylation sites (N-methyl/N-ethyl adjacent to an activating group) is 1. The summed E-state index contributed by atoms with van der Waals surface area (Å²) >= 11 is 0. The van der Waals surface area contributed by atoms with Crippen molar-refractivity contribution in [3.8, 4) is 5.75 Å². The van der Waals surface area contributed by atoms with Crippen molar-refractivity contribution in [2.24, 2.45) is 7.05 Å². The number of methoxy groups -OCH3 is 1. The topological polar surface area (TPSA) is 39.1 Å². The molecule has 0 saturated carbocycles. The van der Waals surface area contributed by atoms with Crippen molar-refractivity contribution in [1.29, 1.82) is 0 Å². The van der Waals surface area contributed by atoms with Crippen molar-refractivity contribution in [1.82, 2.24) is 15.1 Å². The summed E-state index contributed by atoms with van der Waals surface area (Å²) in [5, 5.41) is 7.56. The molecule has 0 aliphatic heterocycles. The Hall–Kier alpha value is -1.88. The monoisotopic (exact) mass is 277 g/mol. The van der Waals surface area contributed by atoms with Gasteiger partial charge in [0.05, 0.1) is 12.8 Å². The van der Waals surface area contributed by atoms with Gasteiger partial charge >= 0.3 is 0 Å². The van der Waals surface area contributed by atoms with Crippen LogP contribution in [0.25, 0.3) is 0 Å². The molecule has 4 nitrogen and oxygen atoms in total. The highest BCUT2D eigenvalue weighted by molar-refractivity contribution is 5.33. The quantitative estimate of drug-likeness (QED) is 0.912. The zero-order valence-corrected chi connectivity index (χ0v) is 12.3. The lowest BCUT2D eigenvalue weighted by Crippen LogP contribution is -2.20. The van der Waals surface area contributed by atoms with Crippen molar-refractivity contribution in [2.75, 3.05) is 14.2 Å². The number of aromatic nitrogens is 2. The van der Waals surface area contributed by atoms with Crippen molar-refractivity contribution in [3.05, 3.63) is 47.0 Å². The van der Waals surface area contributed by atoms with E-state index in [0.29, 0.717) is 12.0 Å². The summed E-state index contributed by atoms with van der Waals surface area (Å²) in [7, 11) is 5.23. The fraction of sp³-hybridized carbons (Fsp3) is 0.400. The van der Waals surface area contributed by atoms with Gasteiger partial charge in [0.2, 0.25) is 0 Å². The largest absolute Gasteiger partial charge is 0.494 e. The van der Waals surface area contributed by atoms with E-state index in [1.807, 2.05) is 27.2 Å². The van der Waals surface area contributed by atoms with E-state index in [0.717, 1.165) is 11.3 Å². The zero-order valence-electron chi connectivity index (χ0n) is 12.3. The van der Waals surface area contributed by atoms with Gasteiger partial charge in [-0.3, -0.25) is 4.68 Å². The Bertz CT molecular complexity index is 595. The highest BCUT2D eigenvalue weighted by atomic mass is 19.1. The molecule has 0 spiro atoms. The highest BCUT2D eigenvalue weighted by Gasteiger charge is 2.18. The van der Waals surface area contributed by atoms with E-state index in [1.165, 1.54) is 7.11 Å². The van der Waals surface area contributed by atoms with Crippen LogP contribution in [0.3, 0.4) is 0 Å². The van der Waals surface area contributed by atoms with Gasteiger partial charge in [-0.1, -0.05) is 12.1 Å². The molecule has 0 amide bonds. The molecule has 20 heavy (non-hydrogen) atoms. The molecule has 0 saturated heterocycles. The summed E-state index contributed by atoms with van der Waals surface area (Å²) < 4.78 is 21.0. The predicted molar refractivity (Wildman–Crippen MR) is 76.4 cm³/mol. The van der Waals surface area contributed by atoms with E-state index >= 15 is 0 Å². The van der Waals surface area contributed by atoms with Crippen LogP contribution in [-0.2, 0) is 13.5 Å². The Balaban J connectivity index is 2.29. The lowest BCUT2D eigenvalue weighted by molar-refractivity contribution is 0.383. The molecular weight excluding hydrogens is 257 g/mol. The first kappa shape index (κ1) is 14.5. The Morgan fingerprint density at radius 3 is 2.75 bits per heavy atom. The summed E-state index contributed by atoms with van der Waals surface area (Å²) in [6, 6.07) is 5.24. The number of benzene rings is 1. The number of nitrogens with zero attached hydrogens (tertiary/aromatic N) is 2. The third kappa shape index (κ3) is 2.82. The van der Waals surface area contributed by atoms with Gasteiger partial charge in [0.1, 0.15) is 0 Å². The molecule has 2 aromatic rings. The lowest BCUT2D eigenvalue weighted by Gasteiger charge is -2.17. The maximum atomic E-state index is 14.2. The molecule has 1 aromatic heterocycles. The Kier molecular flexibility index (Phi) is 4.39. The predicted octanol–water partition coefficient (Wildman–Crippen LogP) is 2.38. The second kappa shape index (κ2) is 6.05. The first-order valence-corrected chi connectivity index (χ1v) is 6.55. The third-order valence-corrected chi connectivity index (χ3v) is 3.46. The summed E-state index contributed by atoms with van der Waals surface area (Å²) in [6.07, 6.45) is 2.51. The summed E-state index contributed by atoms with van der Waals surface area (Å²) in [5.41, 5.74) is 2.67. The zero-order chi connectivity index (χ0) is 14.7. The molecule has 0 fully saturated rings. The molecule has 1 unspecified atom stereocenters. The number of aryl methyl sites for hydroxylation is 2. The number of nitrogens with one attached hydrogen (secondary N) is 1. The third-order valence-electron chi connectivity index (χ3n) is 3.46. The standard InChI is InChI=1S/C15H20FN3O/c1-10-12(9-19(3)18-10)13(17-2)8-11-6-5-7-14(20-4)15(11)16/h5-7,9,13,17H,8H2,1-4H3. The Morgan fingerprint density at radius 2 is 2.20 bits per heavy atom. The van der Waals surface area contributed by atoms with Gasteiger partial charge in [0, 0.05) is 24.8 Å². The molecule has 0 radical (unpaired) electrons. The minimum atomic E-state index is -0.295. The van der Waals surface area contributed by atoms with Gasteiger partial charge in [0.15, 0.2) is 11.6 Å². The summed E-state index contributed by atoms with van der Waals surface area (Å²) in [5.74, 6) is -0.0166. The number of hydrogen-bond donors (Lipinski definition) is 1. The van der Waals surface area contributed by atoms with Gasteiger partial charge in [-0.2, -0.15) is 5.10 Å². The number of hydrogen-bond acceptors (Lipinski definition) is 3. The summed E-state index contributed by atoms with van der Waals surface area (Å²) in [4.78, 5) is 0. The summed E-state index contributed by atoms with van der Waals surface area (Å²) in [6.45, 7) is 1.96. The van der Waals surface area contributed by atoms with Crippen LogP contribution < -0.4 is 10.1 Å². The Morgan fingerprint density at radius 1 is 1.45 bits per heavy atom. The average molecular weight is 277 g/mol. The van der Waals surface area contributed by atoms with E-state index in [-0.39, 0.29) is 17.6 Å². The lowest BCUT2D eigenvalue weighted by atomic mass is 9.99. The van der Waals surface area contributed by atoms with Crippen molar-refractivity contribution in [2.45, 2.75) is 19.4 Å². The minimum absolute atomic E-state index is 0.0188. The van der Waals surface area contributed by atoms with Crippen LogP contribution in [-0.4, -0.2) is 23.9 Å². The SMILES string of the molecule is CNC(Cc1cccc(OC)c1F)c1cn(C)nc1C. The van der Waals surface area contributed by atoms with E-state index in [2.05, 4.69) is 10.4 Å². The van der Waals surface area contributed by atoms with E-state index in [9.17, 15) is 4.39 Å². The molecule has 0 bridgehead atoms. The molecule has 1 heterocycles. The first-order valence-electron chi connectivity index (χ1n) is 6.55. The Labute approximate surface area is 118 Å². The first-order chi connectivity index (χ1) is 9.56. The van der Waals surface area contributed by atoms with Gasteiger partial charge in [-0.05, 0) is 32.0 Å². The van der Waals surface area contributed by atoms with Crippen LogP contribution in [0.15, 0.2) is 24.4 Å². The number of ether oxygens (including phenoxy) is 1. The molecule has 0 aliphatic rings. The van der Waals surface area contributed by atoms with Crippen LogP contribution in [0.2, 0.25) is 0 Å². The number of halogens is 1. The van der Waals surface area contributed by atoms with Crippen LogP contribution >= 0.6 is 0 Å². The molecule has 1 N–H and O–H groups in total. The molecule has 5 heteroatoms. The molecule has 1 atom stereocenters. The normalized spacial score (nSPS) is 12.4. The van der Waals surface area contributed by atoms with Crippen molar-refractivity contribution in [3.63, 3.8) is 0 Å². The molecule has 108 valence electrons. The molecule has 2 rings (SSSR count). The maximum absolute atomic E-state index is 14.2. The van der Waals surface area contributed by atoms with Gasteiger partial charge in [-0.25, -0.2) is 4.39 Å². The smallest absolute Gasteiger partial charge is 0.168 e. The number of rotatable bonds is 5. The van der Waals surface area contributed by atoms with Gasteiger partial charge < -0.3 is 10.1 Å². The highest BCUT2D eigenvalue weighted by Crippen LogP contribution is 2.26. The minimum Gasteiger partial charge on any atom is -0.494 e. The van der Waals surface area contributed by atoms with Crippen LogP contribution in [0.4, 0.5) is 4.39 Å². The second-order valence-corrected chi connectivity index (χ2v) is 4.82. The molecule has 0 aliphatic carbocycles. The van der Waals surface area contributed by atoms with Crippen LogP contribution in [0.1, 0.15) is 22.9 Å². The molecule has 1 aromatic carbocycles. The van der Waals surface area contributed by atoms with Crippen molar-refractivity contribution >= 4 is 0 Å². The van der Waals surface area contributed by atoms with E-state index in [4.69, 9.17) is 4.74 Å². The van der Waals surface area contributed by atoms with Crippen LogP contribution in [0, 0.1) is 12.7 Å². The van der Waals surface area contributed by atoms with E-state index < -0.39 is 0 Å². The average Bonchev–Trinajstić information content (AvgIpc) is 2.76. The second-order valence-electron chi connectivity index (χ2n) is 4.82. The molecular formula is C15H20FN3O. The van der Waals surface area contributed by atoms with Crippen molar-refractivity contribution < 1.29 is 9.13 Å². The van der Waals surface area contributed by atoms with Gasteiger partial charge in [0.25, 0.3) is 0 Å².